The molecule has 0 bridgehead atoms. The fourth-order valence-corrected chi connectivity index (χ4v) is 1.10. The molecule has 1 fully saturated rings. The standard InChI is InChI=1S/C8H8BrNO7/c9-3-7(13)15-4-16-8(14)17-10-5(11)1-2-6(10)12/h1-4H2. The highest BCUT2D eigenvalue weighted by Crippen LogP contribution is 2.12. The summed E-state index contributed by atoms with van der Waals surface area (Å²) in [5.41, 5.74) is 0. The van der Waals surface area contributed by atoms with Crippen LogP contribution in [0.5, 0.6) is 0 Å². The molecular formula is C8H8BrNO7. The largest absolute Gasteiger partial charge is 0.536 e. The third-order valence-electron chi connectivity index (χ3n) is 1.68. The predicted molar refractivity (Wildman–Crippen MR) is 53.4 cm³/mol. The number of hydrogen-bond donors (Lipinski definition) is 0. The van der Waals surface area contributed by atoms with Gasteiger partial charge in [-0.3, -0.25) is 19.2 Å². The third-order valence-corrected chi connectivity index (χ3v) is 2.14. The molecule has 17 heavy (non-hydrogen) atoms. The summed E-state index contributed by atoms with van der Waals surface area (Å²) >= 11 is 2.82. The molecule has 1 saturated heterocycles. The lowest BCUT2D eigenvalue weighted by atomic mass is 10.4. The van der Waals surface area contributed by atoms with Gasteiger partial charge < -0.3 is 9.47 Å². The van der Waals surface area contributed by atoms with Gasteiger partial charge in [0.2, 0.25) is 6.79 Å². The highest BCUT2D eigenvalue weighted by molar-refractivity contribution is 9.09. The molecule has 94 valence electrons. The minimum atomic E-state index is -1.30. The van der Waals surface area contributed by atoms with E-state index in [9.17, 15) is 19.2 Å². The van der Waals surface area contributed by atoms with Gasteiger partial charge in [0.25, 0.3) is 11.8 Å². The Morgan fingerprint density at radius 2 is 1.76 bits per heavy atom. The van der Waals surface area contributed by atoms with Gasteiger partial charge in [0.15, 0.2) is 0 Å². The van der Waals surface area contributed by atoms with Crippen molar-refractivity contribution in [2.24, 2.45) is 0 Å². The average Bonchev–Trinajstić information content (AvgIpc) is 2.60. The average molecular weight is 310 g/mol. The van der Waals surface area contributed by atoms with Crippen LogP contribution in [0, 0.1) is 0 Å². The van der Waals surface area contributed by atoms with Crippen LogP contribution in [0.2, 0.25) is 0 Å². The molecule has 0 aromatic carbocycles. The van der Waals surface area contributed by atoms with Crippen LogP contribution in [0.3, 0.4) is 0 Å². The van der Waals surface area contributed by atoms with Crippen LogP contribution >= 0.6 is 15.9 Å². The molecule has 1 rings (SSSR count). The summed E-state index contributed by atoms with van der Waals surface area (Å²) < 4.78 is 8.68. The van der Waals surface area contributed by atoms with Gasteiger partial charge in [-0.2, -0.15) is 0 Å². The van der Waals surface area contributed by atoms with Crippen LogP contribution in [-0.2, 0) is 28.7 Å². The van der Waals surface area contributed by atoms with Gasteiger partial charge in [-0.1, -0.05) is 21.0 Å². The Morgan fingerprint density at radius 1 is 1.18 bits per heavy atom. The van der Waals surface area contributed by atoms with E-state index in [0.717, 1.165) is 0 Å². The SMILES string of the molecule is O=C(CBr)OCOC(=O)ON1C(=O)CCC1=O. The molecule has 1 aliphatic heterocycles. The van der Waals surface area contributed by atoms with Crippen molar-refractivity contribution in [3.05, 3.63) is 0 Å². The molecule has 0 N–H and O–H groups in total. The summed E-state index contributed by atoms with van der Waals surface area (Å²) in [6.45, 7) is -0.653. The van der Waals surface area contributed by atoms with Gasteiger partial charge in [0, 0.05) is 12.8 Å². The van der Waals surface area contributed by atoms with Crippen LogP contribution in [0.4, 0.5) is 4.79 Å². The summed E-state index contributed by atoms with van der Waals surface area (Å²) in [7, 11) is 0. The van der Waals surface area contributed by atoms with E-state index >= 15 is 0 Å². The highest BCUT2D eigenvalue weighted by Gasteiger charge is 2.33. The Labute approximate surface area is 104 Å². The van der Waals surface area contributed by atoms with E-state index in [1.807, 2.05) is 0 Å². The van der Waals surface area contributed by atoms with Gasteiger partial charge in [-0.25, -0.2) is 4.79 Å². The van der Waals surface area contributed by atoms with Crippen molar-refractivity contribution >= 4 is 39.9 Å². The van der Waals surface area contributed by atoms with E-state index in [1.54, 1.807) is 0 Å². The van der Waals surface area contributed by atoms with E-state index in [1.165, 1.54) is 0 Å². The monoisotopic (exact) mass is 309 g/mol. The van der Waals surface area contributed by atoms with Gasteiger partial charge >= 0.3 is 12.1 Å². The fourth-order valence-electron chi connectivity index (χ4n) is 0.941. The van der Waals surface area contributed by atoms with E-state index in [0.29, 0.717) is 5.06 Å². The molecule has 1 heterocycles. The summed E-state index contributed by atoms with van der Waals surface area (Å²) in [5.74, 6) is -1.88. The number of hydrogen-bond acceptors (Lipinski definition) is 7. The van der Waals surface area contributed by atoms with E-state index in [4.69, 9.17) is 0 Å². The van der Waals surface area contributed by atoms with E-state index in [2.05, 4.69) is 30.2 Å². The maximum atomic E-state index is 11.0. The molecule has 0 aromatic heterocycles. The first kappa shape index (κ1) is 13.4. The number of carbonyl (C=O) groups is 4. The summed E-state index contributed by atoms with van der Waals surface area (Å²) in [5, 5.41) is 0.281. The summed E-state index contributed by atoms with van der Waals surface area (Å²) in [4.78, 5) is 48.0. The topological polar surface area (TPSA) is 99.2 Å². The molecule has 0 atom stereocenters. The molecular weight excluding hydrogens is 302 g/mol. The molecule has 9 heteroatoms. The molecule has 0 radical (unpaired) electrons. The quantitative estimate of drug-likeness (QED) is 0.314. The minimum Gasteiger partial charge on any atom is -0.427 e. The van der Waals surface area contributed by atoms with Gasteiger partial charge in [-0.05, 0) is 0 Å². The lowest BCUT2D eigenvalue weighted by Gasteiger charge is -2.12. The summed E-state index contributed by atoms with van der Waals surface area (Å²) in [6, 6.07) is 0. The first-order chi connectivity index (χ1) is 8.04. The van der Waals surface area contributed by atoms with E-state index < -0.39 is 30.7 Å². The predicted octanol–water partition coefficient (Wildman–Crippen LogP) is 0.0992. The number of amides is 2. The smallest absolute Gasteiger partial charge is 0.427 e. The van der Waals surface area contributed by atoms with Crippen molar-refractivity contribution in [3.63, 3.8) is 0 Å². The van der Waals surface area contributed by atoms with Crippen LogP contribution in [-0.4, -0.2) is 41.1 Å². The zero-order valence-electron chi connectivity index (χ0n) is 8.51. The van der Waals surface area contributed by atoms with Crippen molar-refractivity contribution in [1.82, 2.24) is 5.06 Å². The van der Waals surface area contributed by atoms with Crippen molar-refractivity contribution in [2.75, 3.05) is 12.1 Å². The van der Waals surface area contributed by atoms with Crippen LogP contribution in [0.15, 0.2) is 0 Å². The third kappa shape index (κ3) is 4.02. The number of hydroxylamine groups is 2. The van der Waals surface area contributed by atoms with Gasteiger partial charge in [-0.15, -0.1) is 0 Å². The van der Waals surface area contributed by atoms with Crippen molar-refractivity contribution in [2.45, 2.75) is 12.8 Å². The van der Waals surface area contributed by atoms with Crippen LogP contribution in [0.1, 0.15) is 12.8 Å². The van der Waals surface area contributed by atoms with Crippen molar-refractivity contribution in [3.8, 4) is 0 Å². The maximum absolute atomic E-state index is 11.0. The summed E-state index contributed by atoms with van der Waals surface area (Å²) in [6.07, 6.45) is -1.31. The number of alkyl halides is 1. The van der Waals surface area contributed by atoms with E-state index in [-0.39, 0.29) is 18.2 Å². The molecule has 0 unspecified atom stereocenters. The fraction of sp³-hybridized carbons (Fsp3) is 0.500. The molecule has 0 saturated carbocycles. The van der Waals surface area contributed by atoms with Crippen molar-refractivity contribution < 1.29 is 33.5 Å². The van der Waals surface area contributed by atoms with Crippen LogP contribution < -0.4 is 0 Å². The van der Waals surface area contributed by atoms with Crippen LogP contribution in [0.25, 0.3) is 0 Å². The maximum Gasteiger partial charge on any atom is 0.536 e. The first-order valence-corrected chi connectivity index (χ1v) is 5.59. The second-order valence-corrected chi connectivity index (χ2v) is 3.40. The molecule has 1 aliphatic rings. The lowest BCUT2D eigenvalue weighted by Crippen LogP contribution is -2.32. The number of esters is 1. The minimum absolute atomic E-state index is 0.00924. The molecule has 0 aliphatic carbocycles. The molecule has 8 nitrogen and oxygen atoms in total. The second-order valence-electron chi connectivity index (χ2n) is 2.84. The Hall–Kier alpha value is -1.64. The number of ether oxygens (including phenoxy) is 2. The molecule has 0 spiro atoms. The highest BCUT2D eigenvalue weighted by atomic mass is 79.9. The molecule has 2 amide bonds. The zero-order valence-corrected chi connectivity index (χ0v) is 10.1. The first-order valence-electron chi connectivity index (χ1n) is 4.46. The number of halogens is 1. The van der Waals surface area contributed by atoms with Crippen molar-refractivity contribution in [1.29, 1.82) is 0 Å². The van der Waals surface area contributed by atoms with Gasteiger partial charge in [0.05, 0.1) is 0 Å². The normalized spacial score (nSPS) is 14.8. The number of carbonyl (C=O) groups excluding carboxylic acids is 4. The Morgan fingerprint density at radius 3 is 2.29 bits per heavy atom. The number of nitrogens with zero attached hydrogens (tertiary/aromatic N) is 1. The second kappa shape index (κ2) is 6.18. The Balaban J connectivity index is 2.27. The van der Waals surface area contributed by atoms with Gasteiger partial charge in [0.1, 0.15) is 5.33 Å². The Kier molecular flexibility index (Phi) is 4.88. The number of imide groups is 1. The zero-order chi connectivity index (χ0) is 12.8. The number of rotatable bonds is 4. The molecule has 0 aromatic rings. The Bertz CT molecular complexity index is 340. The lowest BCUT2D eigenvalue weighted by molar-refractivity contribution is -0.182.